The standard InChI is InChI=1S/C14H28ClN/c1-14(2)9-7-13(8-10-14)16(3)12-6-4-5-11-15/h13H,4-12H2,1-3H3. The molecule has 0 amide bonds. The van der Waals surface area contributed by atoms with Crippen LogP contribution in [0.4, 0.5) is 0 Å². The van der Waals surface area contributed by atoms with E-state index in [1.807, 2.05) is 0 Å². The molecule has 0 aromatic rings. The molecule has 96 valence electrons. The van der Waals surface area contributed by atoms with Crippen LogP contribution in [0.15, 0.2) is 0 Å². The predicted octanol–water partition coefficient (Wildman–Crippen LogP) is 4.30. The number of halogens is 1. The summed E-state index contributed by atoms with van der Waals surface area (Å²) in [5, 5.41) is 0. The summed E-state index contributed by atoms with van der Waals surface area (Å²) >= 11 is 5.68. The van der Waals surface area contributed by atoms with Crippen molar-refractivity contribution in [2.45, 2.75) is 64.8 Å². The molecule has 0 aromatic heterocycles. The van der Waals surface area contributed by atoms with Crippen LogP contribution in [-0.4, -0.2) is 30.4 Å². The summed E-state index contributed by atoms with van der Waals surface area (Å²) in [6.07, 6.45) is 9.33. The van der Waals surface area contributed by atoms with Gasteiger partial charge in [-0.15, -0.1) is 11.6 Å². The molecular weight excluding hydrogens is 218 g/mol. The molecule has 1 rings (SSSR count). The fraction of sp³-hybridized carbons (Fsp3) is 1.00. The average molecular weight is 246 g/mol. The lowest BCUT2D eigenvalue weighted by Gasteiger charge is -2.38. The van der Waals surface area contributed by atoms with Crippen LogP contribution in [0.25, 0.3) is 0 Å². The normalized spacial score (nSPS) is 21.6. The monoisotopic (exact) mass is 245 g/mol. The molecule has 16 heavy (non-hydrogen) atoms. The minimum atomic E-state index is 0.593. The van der Waals surface area contributed by atoms with Crippen molar-refractivity contribution in [2.75, 3.05) is 19.5 Å². The van der Waals surface area contributed by atoms with Gasteiger partial charge in [0, 0.05) is 11.9 Å². The van der Waals surface area contributed by atoms with E-state index in [-0.39, 0.29) is 0 Å². The number of hydrogen-bond donors (Lipinski definition) is 0. The molecule has 0 N–H and O–H groups in total. The van der Waals surface area contributed by atoms with Gasteiger partial charge in [0.15, 0.2) is 0 Å². The van der Waals surface area contributed by atoms with Crippen LogP contribution >= 0.6 is 11.6 Å². The topological polar surface area (TPSA) is 3.24 Å². The van der Waals surface area contributed by atoms with Crippen molar-refractivity contribution in [3.05, 3.63) is 0 Å². The first kappa shape index (κ1) is 14.3. The van der Waals surface area contributed by atoms with Crippen LogP contribution in [-0.2, 0) is 0 Å². The number of nitrogens with zero attached hydrogens (tertiary/aromatic N) is 1. The summed E-state index contributed by atoms with van der Waals surface area (Å²) < 4.78 is 0. The van der Waals surface area contributed by atoms with Crippen LogP contribution < -0.4 is 0 Å². The SMILES string of the molecule is CN(CCCCCCl)C1CCC(C)(C)CC1. The Hall–Kier alpha value is 0.250. The molecule has 0 aromatic carbocycles. The third kappa shape index (κ3) is 5.05. The van der Waals surface area contributed by atoms with E-state index in [9.17, 15) is 0 Å². The van der Waals surface area contributed by atoms with Crippen molar-refractivity contribution in [2.24, 2.45) is 5.41 Å². The molecule has 1 saturated carbocycles. The number of hydrogen-bond acceptors (Lipinski definition) is 1. The minimum absolute atomic E-state index is 0.593. The van der Waals surface area contributed by atoms with Gasteiger partial charge in [-0.2, -0.15) is 0 Å². The Labute approximate surface area is 107 Å². The molecule has 0 atom stereocenters. The summed E-state index contributed by atoms with van der Waals surface area (Å²) in [6, 6.07) is 0.837. The number of alkyl halides is 1. The summed E-state index contributed by atoms with van der Waals surface area (Å²) in [7, 11) is 2.30. The highest BCUT2D eigenvalue weighted by Crippen LogP contribution is 2.36. The maximum atomic E-state index is 5.68. The van der Waals surface area contributed by atoms with Crippen LogP contribution in [0.1, 0.15) is 58.8 Å². The third-order valence-electron chi connectivity index (χ3n) is 4.08. The second-order valence-corrected chi connectivity index (χ2v) is 6.50. The molecule has 0 saturated heterocycles. The van der Waals surface area contributed by atoms with Crippen molar-refractivity contribution in [1.82, 2.24) is 4.90 Å². The Bertz CT molecular complexity index is 181. The van der Waals surface area contributed by atoms with Gasteiger partial charge in [0.1, 0.15) is 0 Å². The summed E-state index contributed by atoms with van der Waals surface area (Å²) in [6.45, 7) is 6.06. The Balaban J connectivity index is 2.15. The molecule has 1 aliphatic rings. The smallest absolute Gasteiger partial charge is 0.0223 e. The van der Waals surface area contributed by atoms with Gasteiger partial charge < -0.3 is 4.90 Å². The van der Waals surface area contributed by atoms with E-state index in [1.54, 1.807) is 0 Å². The van der Waals surface area contributed by atoms with E-state index in [0.29, 0.717) is 5.41 Å². The minimum Gasteiger partial charge on any atom is -0.303 e. The quantitative estimate of drug-likeness (QED) is 0.498. The van der Waals surface area contributed by atoms with Gasteiger partial charge in [0.05, 0.1) is 0 Å². The summed E-state index contributed by atoms with van der Waals surface area (Å²) in [4.78, 5) is 2.57. The molecule has 1 nitrogen and oxygen atoms in total. The molecule has 1 fully saturated rings. The molecule has 2 heteroatoms. The third-order valence-corrected chi connectivity index (χ3v) is 4.34. The highest BCUT2D eigenvalue weighted by molar-refractivity contribution is 6.17. The van der Waals surface area contributed by atoms with Crippen molar-refractivity contribution in [1.29, 1.82) is 0 Å². The summed E-state index contributed by atoms with van der Waals surface area (Å²) in [5.41, 5.74) is 0.593. The van der Waals surface area contributed by atoms with Crippen molar-refractivity contribution in [3.8, 4) is 0 Å². The van der Waals surface area contributed by atoms with E-state index >= 15 is 0 Å². The molecule has 0 bridgehead atoms. The second-order valence-electron chi connectivity index (χ2n) is 6.13. The van der Waals surface area contributed by atoms with Gasteiger partial charge in [-0.25, -0.2) is 0 Å². The molecule has 1 aliphatic carbocycles. The molecule has 0 radical (unpaired) electrons. The van der Waals surface area contributed by atoms with E-state index in [2.05, 4.69) is 25.8 Å². The van der Waals surface area contributed by atoms with E-state index in [1.165, 1.54) is 51.5 Å². The Morgan fingerprint density at radius 2 is 1.75 bits per heavy atom. The fourth-order valence-electron chi connectivity index (χ4n) is 2.64. The van der Waals surface area contributed by atoms with Gasteiger partial charge in [0.2, 0.25) is 0 Å². The summed E-state index contributed by atoms with van der Waals surface area (Å²) in [5.74, 6) is 0.821. The fourth-order valence-corrected chi connectivity index (χ4v) is 2.83. The molecule has 0 spiro atoms. The van der Waals surface area contributed by atoms with Crippen molar-refractivity contribution in [3.63, 3.8) is 0 Å². The van der Waals surface area contributed by atoms with Crippen LogP contribution in [0.2, 0.25) is 0 Å². The highest BCUT2D eigenvalue weighted by atomic mass is 35.5. The first-order valence-corrected chi connectivity index (χ1v) is 7.35. The Morgan fingerprint density at radius 3 is 2.31 bits per heavy atom. The zero-order chi connectivity index (χ0) is 12.0. The molecule has 0 heterocycles. The highest BCUT2D eigenvalue weighted by Gasteiger charge is 2.28. The maximum Gasteiger partial charge on any atom is 0.0223 e. The van der Waals surface area contributed by atoms with Crippen LogP contribution in [0.5, 0.6) is 0 Å². The Morgan fingerprint density at radius 1 is 1.12 bits per heavy atom. The van der Waals surface area contributed by atoms with Gasteiger partial charge in [0.25, 0.3) is 0 Å². The Kier molecular flexibility index (Phi) is 6.13. The number of rotatable bonds is 6. The lowest BCUT2D eigenvalue weighted by molar-refractivity contribution is 0.126. The molecular formula is C14H28ClN. The first-order chi connectivity index (χ1) is 7.55. The van der Waals surface area contributed by atoms with E-state index in [4.69, 9.17) is 11.6 Å². The molecule has 0 aliphatic heterocycles. The number of unbranched alkanes of at least 4 members (excludes halogenated alkanes) is 2. The van der Waals surface area contributed by atoms with Gasteiger partial charge in [-0.05, 0) is 57.5 Å². The van der Waals surface area contributed by atoms with E-state index < -0.39 is 0 Å². The van der Waals surface area contributed by atoms with Crippen molar-refractivity contribution >= 4 is 11.6 Å². The largest absolute Gasteiger partial charge is 0.303 e. The zero-order valence-electron chi connectivity index (χ0n) is 11.3. The average Bonchev–Trinajstić information content (AvgIpc) is 2.24. The first-order valence-electron chi connectivity index (χ1n) is 6.81. The van der Waals surface area contributed by atoms with Gasteiger partial charge >= 0.3 is 0 Å². The predicted molar refractivity (Wildman–Crippen MR) is 73.2 cm³/mol. The van der Waals surface area contributed by atoms with Crippen LogP contribution in [0.3, 0.4) is 0 Å². The van der Waals surface area contributed by atoms with Gasteiger partial charge in [-0.3, -0.25) is 0 Å². The maximum absolute atomic E-state index is 5.68. The van der Waals surface area contributed by atoms with Crippen LogP contribution in [0, 0.1) is 5.41 Å². The zero-order valence-corrected chi connectivity index (χ0v) is 12.0. The lowest BCUT2D eigenvalue weighted by atomic mass is 9.75. The molecule has 0 unspecified atom stereocenters. The van der Waals surface area contributed by atoms with Gasteiger partial charge in [-0.1, -0.05) is 20.3 Å². The lowest BCUT2D eigenvalue weighted by Crippen LogP contribution is -2.37. The van der Waals surface area contributed by atoms with Crippen molar-refractivity contribution < 1.29 is 0 Å². The van der Waals surface area contributed by atoms with E-state index in [0.717, 1.165) is 11.9 Å². The second kappa shape index (κ2) is 6.86.